The summed E-state index contributed by atoms with van der Waals surface area (Å²) >= 11 is 0. The van der Waals surface area contributed by atoms with Crippen molar-refractivity contribution in [3.63, 3.8) is 0 Å². The van der Waals surface area contributed by atoms with Crippen LogP contribution in [0, 0.1) is 11.8 Å². The molecule has 0 aromatic rings. The van der Waals surface area contributed by atoms with Gasteiger partial charge in [0.15, 0.2) is 0 Å². The average molecular weight is 260 g/mol. The zero-order valence-corrected chi connectivity index (χ0v) is 13.8. The first-order valence-corrected chi connectivity index (χ1v) is 10.5. The predicted molar refractivity (Wildman–Crippen MR) is 85.4 cm³/mol. The molecule has 0 N–H and O–H groups in total. The van der Waals surface area contributed by atoms with Crippen LogP contribution in [0.2, 0.25) is 19.6 Å². The maximum absolute atomic E-state index is 4.13. The molecule has 0 aliphatic heterocycles. The summed E-state index contributed by atoms with van der Waals surface area (Å²) in [6.45, 7) is 19.6. The van der Waals surface area contributed by atoms with Crippen LogP contribution in [0.5, 0.6) is 0 Å². The highest BCUT2D eigenvalue weighted by Gasteiger charge is 2.27. The van der Waals surface area contributed by atoms with Crippen molar-refractivity contribution in [2.75, 3.05) is 0 Å². The van der Waals surface area contributed by atoms with E-state index in [1.54, 1.807) is 5.57 Å². The fourth-order valence-corrected chi connectivity index (χ4v) is 4.05. The van der Waals surface area contributed by atoms with E-state index in [2.05, 4.69) is 58.5 Å². The van der Waals surface area contributed by atoms with E-state index in [-0.39, 0.29) is 0 Å². The quantitative estimate of drug-likeness (QED) is 0.355. The van der Waals surface area contributed by atoms with Crippen LogP contribution in [0.1, 0.15) is 33.1 Å². The van der Waals surface area contributed by atoms with Gasteiger partial charge >= 0.3 is 0 Å². The molecule has 0 saturated heterocycles. The molecule has 1 aliphatic rings. The minimum absolute atomic E-state index is 0.673. The fourth-order valence-electron chi connectivity index (χ4n) is 2.66. The normalized spacial score (nSPS) is 24.2. The summed E-state index contributed by atoms with van der Waals surface area (Å²) in [7, 11) is -1.26. The Kier molecular flexibility index (Phi) is 5.01. The van der Waals surface area contributed by atoms with Crippen LogP contribution in [0.25, 0.3) is 0 Å². The highest BCUT2D eigenvalue weighted by Crippen LogP contribution is 2.37. The summed E-state index contributed by atoms with van der Waals surface area (Å²) in [6.07, 6.45) is 6.01. The van der Waals surface area contributed by atoms with Crippen molar-refractivity contribution in [3.05, 3.63) is 41.3 Å². The lowest BCUT2D eigenvalue weighted by molar-refractivity contribution is 0.425. The molecule has 0 aromatic heterocycles. The lowest BCUT2D eigenvalue weighted by Gasteiger charge is -2.31. The van der Waals surface area contributed by atoms with Crippen LogP contribution in [-0.4, -0.2) is 8.07 Å². The molecule has 0 bridgehead atoms. The third-order valence-corrected chi connectivity index (χ3v) is 6.40. The van der Waals surface area contributed by atoms with Gasteiger partial charge in [-0.15, -0.1) is 5.73 Å². The zero-order chi connectivity index (χ0) is 13.9. The van der Waals surface area contributed by atoms with Crippen LogP contribution < -0.4 is 0 Å². The van der Waals surface area contributed by atoms with E-state index in [1.165, 1.54) is 23.6 Å². The molecule has 0 radical (unpaired) electrons. The molecule has 2 atom stereocenters. The number of hydrogen-bond acceptors (Lipinski definition) is 0. The van der Waals surface area contributed by atoms with Gasteiger partial charge in [-0.3, -0.25) is 0 Å². The third-order valence-electron chi connectivity index (χ3n) is 4.20. The Hall–Kier alpha value is -0.783. The molecule has 100 valence electrons. The predicted octanol–water partition coefficient (Wildman–Crippen LogP) is 5.51. The first kappa shape index (κ1) is 15.3. The Morgan fingerprint density at radius 3 is 2.50 bits per heavy atom. The van der Waals surface area contributed by atoms with Crippen molar-refractivity contribution in [1.29, 1.82) is 0 Å². The Labute approximate surface area is 114 Å². The first-order valence-electron chi connectivity index (χ1n) is 6.97. The Balaban J connectivity index is 2.83. The largest absolute Gasteiger partial charge is 0.134 e. The molecule has 18 heavy (non-hydrogen) atoms. The summed E-state index contributed by atoms with van der Waals surface area (Å²) in [4.78, 5) is 0. The molecule has 0 fully saturated rings. The van der Waals surface area contributed by atoms with Gasteiger partial charge in [-0.25, -0.2) is 0 Å². The van der Waals surface area contributed by atoms with E-state index < -0.39 is 8.07 Å². The average Bonchev–Trinajstić information content (AvgIpc) is 2.25. The van der Waals surface area contributed by atoms with E-state index >= 15 is 0 Å². The number of hydrogen-bond donors (Lipinski definition) is 0. The molecule has 0 aromatic carbocycles. The maximum Gasteiger partial charge on any atom is 0.0823 e. The lowest BCUT2D eigenvalue weighted by Crippen LogP contribution is -2.27. The van der Waals surface area contributed by atoms with Gasteiger partial charge in [0.25, 0.3) is 0 Å². The highest BCUT2D eigenvalue weighted by molar-refractivity contribution is 6.83. The van der Waals surface area contributed by atoms with Crippen molar-refractivity contribution in [3.8, 4) is 0 Å². The molecule has 0 amide bonds. The molecule has 1 rings (SSSR count). The van der Waals surface area contributed by atoms with Crippen LogP contribution in [0.15, 0.2) is 41.3 Å². The van der Waals surface area contributed by atoms with Crippen LogP contribution >= 0.6 is 0 Å². The Bertz CT molecular complexity index is 400. The first-order chi connectivity index (χ1) is 8.25. The maximum atomic E-state index is 4.13. The summed E-state index contributed by atoms with van der Waals surface area (Å²) in [5.41, 5.74) is 6.12. The molecule has 0 unspecified atom stereocenters. The van der Waals surface area contributed by atoms with Gasteiger partial charge in [-0.2, -0.15) is 0 Å². The molecular weight excluding hydrogens is 232 g/mol. The highest BCUT2D eigenvalue weighted by atomic mass is 28.3. The summed E-state index contributed by atoms with van der Waals surface area (Å²) in [6, 6.07) is 0. The summed E-state index contributed by atoms with van der Waals surface area (Å²) in [5, 5.41) is 1.49. The number of allylic oxidation sites excluding steroid dienone is 4. The second kappa shape index (κ2) is 5.91. The van der Waals surface area contributed by atoms with Gasteiger partial charge in [-0.05, 0) is 50.1 Å². The van der Waals surface area contributed by atoms with Gasteiger partial charge in [-0.1, -0.05) is 50.0 Å². The van der Waals surface area contributed by atoms with E-state index in [1.807, 2.05) is 0 Å². The standard InChI is InChI=1S/C17H28Si/c1-8-17(18(5,6)7)12-16-11-15(13(2)3)10-9-14(16)4/h9,15-16H,1-2,10-12H2,3-7H3/t15-,16+/m0/s1. The van der Waals surface area contributed by atoms with Crippen molar-refractivity contribution in [2.24, 2.45) is 11.8 Å². The van der Waals surface area contributed by atoms with E-state index in [9.17, 15) is 0 Å². The molecule has 0 heterocycles. The molecule has 0 nitrogen and oxygen atoms in total. The smallest absolute Gasteiger partial charge is 0.0823 e. The minimum Gasteiger partial charge on any atom is -0.134 e. The van der Waals surface area contributed by atoms with Gasteiger partial charge in [0.1, 0.15) is 0 Å². The van der Waals surface area contributed by atoms with E-state index in [0.717, 1.165) is 6.42 Å². The molecule has 0 spiro atoms. The second-order valence-corrected chi connectivity index (χ2v) is 11.9. The van der Waals surface area contributed by atoms with Crippen molar-refractivity contribution in [1.82, 2.24) is 0 Å². The molecule has 1 aliphatic carbocycles. The third kappa shape index (κ3) is 3.86. The van der Waals surface area contributed by atoms with Crippen molar-refractivity contribution in [2.45, 2.75) is 52.8 Å². The van der Waals surface area contributed by atoms with Crippen molar-refractivity contribution >= 4 is 8.07 Å². The topological polar surface area (TPSA) is 0 Å². The van der Waals surface area contributed by atoms with Crippen LogP contribution in [-0.2, 0) is 0 Å². The van der Waals surface area contributed by atoms with Gasteiger partial charge in [0.05, 0.1) is 8.07 Å². The van der Waals surface area contributed by atoms with Gasteiger partial charge in [0, 0.05) is 0 Å². The fraction of sp³-hybridized carbons (Fsp3) is 0.588. The lowest BCUT2D eigenvalue weighted by atomic mass is 9.77. The van der Waals surface area contributed by atoms with Gasteiger partial charge in [0.2, 0.25) is 0 Å². The SMILES string of the molecule is C=C=C(C[C@H]1C[C@@H](C(=C)C)CC=C1C)[Si](C)(C)C. The van der Waals surface area contributed by atoms with Crippen molar-refractivity contribution < 1.29 is 0 Å². The summed E-state index contributed by atoms with van der Waals surface area (Å²) < 4.78 is 0. The number of rotatable bonds is 4. The summed E-state index contributed by atoms with van der Waals surface area (Å²) in [5.74, 6) is 1.35. The molecular formula is C17H28Si. The zero-order valence-electron chi connectivity index (χ0n) is 12.8. The molecule has 1 heteroatoms. The van der Waals surface area contributed by atoms with E-state index in [0.29, 0.717) is 11.8 Å². The van der Waals surface area contributed by atoms with Crippen LogP contribution in [0.4, 0.5) is 0 Å². The Morgan fingerprint density at radius 1 is 1.44 bits per heavy atom. The van der Waals surface area contributed by atoms with Crippen LogP contribution in [0.3, 0.4) is 0 Å². The second-order valence-electron chi connectivity index (χ2n) is 6.77. The molecule has 0 saturated carbocycles. The minimum atomic E-state index is -1.26. The monoisotopic (exact) mass is 260 g/mol. The Morgan fingerprint density at radius 2 is 2.06 bits per heavy atom. The van der Waals surface area contributed by atoms with E-state index in [4.69, 9.17) is 0 Å². The van der Waals surface area contributed by atoms with Gasteiger partial charge < -0.3 is 0 Å².